The molecule has 0 aliphatic carbocycles. The first kappa shape index (κ1) is 21.5. The van der Waals surface area contributed by atoms with Crippen molar-refractivity contribution in [1.82, 2.24) is 4.57 Å². The number of rotatable bonds is 9. The van der Waals surface area contributed by atoms with Crippen LogP contribution in [0.1, 0.15) is 34.1 Å². The van der Waals surface area contributed by atoms with Gasteiger partial charge in [0.25, 0.3) is 0 Å². The summed E-state index contributed by atoms with van der Waals surface area (Å²) in [6.07, 6.45) is 4.99. The van der Waals surface area contributed by atoms with E-state index < -0.39 is 5.82 Å². The lowest BCUT2D eigenvalue weighted by Gasteiger charge is -2.13. The van der Waals surface area contributed by atoms with Crippen LogP contribution >= 0.6 is 0 Å². The van der Waals surface area contributed by atoms with Crippen molar-refractivity contribution in [1.29, 1.82) is 0 Å². The number of hydrogen-bond donors (Lipinski definition) is 1. The van der Waals surface area contributed by atoms with Gasteiger partial charge in [-0.3, -0.25) is 10.1 Å². The zero-order valence-electron chi connectivity index (χ0n) is 16.9. The van der Waals surface area contributed by atoms with E-state index in [0.717, 1.165) is 11.1 Å². The molecule has 2 aromatic carbocycles. The molecule has 0 fully saturated rings. The Kier molecular flexibility index (Phi) is 7.17. The number of carbonyl (C=O) groups excluding carboxylic acids is 1. The van der Waals surface area contributed by atoms with Crippen LogP contribution in [-0.2, 0) is 11.4 Å². The van der Waals surface area contributed by atoms with Gasteiger partial charge in [-0.25, -0.2) is 9.28 Å². The van der Waals surface area contributed by atoms with E-state index in [1.807, 2.05) is 55.5 Å². The smallest absolute Gasteiger partial charge is 0.212 e. The average molecular weight is 409 g/mol. The molecule has 1 atom stereocenters. The molecule has 0 aliphatic rings. The van der Waals surface area contributed by atoms with Gasteiger partial charge in [0.1, 0.15) is 24.2 Å². The van der Waals surface area contributed by atoms with E-state index in [2.05, 4.69) is 4.89 Å². The Hall–Kier alpha value is -3.22. The van der Waals surface area contributed by atoms with Crippen molar-refractivity contribution in [3.63, 3.8) is 0 Å². The van der Waals surface area contributed by atoms with Crippen LogP contribution in [0, 0.1) is 12.7 Å². The van der Waals surface area contributed by atoms with E-state index in [0.29, 0.717) is 17.9 Å². The van der Waals surface area contributed by atoms with E-state index in [1.165, 1.54) is 6.07 Å². The van der Waals surface area contributed by atoms with Crippen molar-refractivity contribution >= 4 is 11.9 Å². The molecule has 3 rings (SSSR count). The standard InChI is InChI=1S/C24H24FNO4/c1-17-8-10-20(11-9-17)24(27)23-22(25)12-14-26(23)13-4-6-19-5-3-7-21(15-19)30-18(2)16-29-28/h3-12,14-15,18,28H,13,16H2,1-2H3/t18-/m0/s1. The third-order valence-corrected chi connectivity index (χ3v) is 4.56. The van der Waals surface area contributed by atoms with Gasteiger partial charge in [0.05, 0.1) is 0 Å². The van der Waals surface area contributed by atoms with E-state index in [4.69, 9.17) is 9.99 Å². The number of ketones is 1. The van der Waals surface area contributed by atoms with Crippen LogP contribution in [0.25, 0.3) is 6.08 Å². The van der Waals surface area contributed by atoms with Crippen molar-refractivity contribution in [2.75, 3.05) is 6.61 Å². The monoisotopic (exact) mass is 409 g/mol. The van der Waals surface area contributed by atoms with Gasteiger partial charge in [0, 0.05) is 18.3 Å². The summed E-state index contributed by atoms with van der Waals surface area (Å²) in [5, 5.41) is 8.50. The van der Waals surface area contributed by atoms with E-state index in [-0.39, 0.29) is 24.2 Å². The summed E-state index contributed by atoms with van der Waals surface area (Å²) in [4.78, 5) is 16.9. The van der Waals surface area contributed by atoms with Gasteiger partial charge in [-0.2, -0.15) is 0 Å². The fourth-order valence-corrected chi connectivity index (χ4v) is 3.04. The number of hydrogen-bond acceptors (Lipinski definition) is 4. The van der Waals surface area contributed by atoms with Gasteiger partial charge in [-0.1, -0.05) is 54.1 Å². The third kappa shape index (κ3) is 5.43. The normalized spacial score (nSPS) is 12.3. The molecule has 5 nitrogen and oxygen atoms in total. The fourth-order valence-electron chi connectivity index (χ4n) is 3.04. The first-order valence-corrected chi connectivity index (χ1v) is 9.63. The summed E-state index contributed by atoms with van der Waals surface area (Å²) in [6.45, 7) is 4.13. The summed E-state index contributed by atoms with van der Waals surface area (Å²) >= 11 is 0. The maximum absolute atomic E-state index is 14.3. The molecule has 0 spiro atoms. The molecular formula is C24H24FNO4. The van der Waals surface area contributed by atoms with Crippen LogP contribution in [0.5, 0.6) is 5.75 Å². The summed E-state index contributed by atoms with van der Waals surface area (Å²) in [5.74, 6) is -0.241. The zero-order valence-corrected chi connectivity index (χ0v) is 16.9. The maximum Gasteiger partial charge on any atom is 0.212 e. The number of carbonyl (C=O) groups is 1. The predicted octanol–water partition coefficient (Wildman–Crippen LogP) is 5.14. The minimum absolute atomic E-state index is 0.0402. The number of allylic oxidation sites excluding steroid dienone is 1. The molecule has 0 amide bonds. The third-order valence-electron chi connectivity index (χ3n) is 4.56. The Balaban J connectivity index is 1.72. The summed E-state index contributed by atoms with van der Waals surface area (Å²) in [7, 11) is 0. The number of benzene rings is 2. The Morgan fingerprint density at radius 1 is 1.20 bits per heavy atom. The van der Waals surface area contributed by atoms with E-state index in [9.17, 15) is 9.18 Å². The van der Waals surface area contributed by atoms with E-state index in [1.54, 1.807) is 29.8 Å². The molecule has 0 radical (unpaired) electrons. The van der Waals surface area contributed by atoms with Gasteiger partial charge in [-0.15, -0.1) is 0 Å². The summed E-state index contributed by atoms with van der Waals surface area (Å²) in [5.41, 5.74) is 2.42. The first-order chi connectivity index (χ1) is 14.5. The Labute approximate surface area is 174 Å². The molecule has 1 heterocycles. The number of aryl methyl sites for hydroxylation is 1. The Morgan fingerprint density at radius 2 is 1.97 bits per heavy atom. The molecule has 1 N–H and O–H groups in total. The van der Waals surface area contributed by atoms with Crippen molar-refractivity contribution in [2.24, 2.45) is 0 Å². The Bertz CT molecular complexity index is 1020. The quantitative estimate of drug-likeness (QED) is 0.302. The van der Waals surface area contributed by atoms with Crippen LogP contribution in [-0.4, -0.2) is 28.3 Å². The largest absolute Gasteiger partial charge is 0.488 e. The van der Waals surface area contributed by atoms with Gasteiger partial charge in [-0.05, 0) is 37.6 Å². The molecular weight excluding hydrogens is 385 g/mol. The Morgan fingerprint density at radius 3 is 2.70 bits per heavy atom. The van der Waals surface area contributed by atoms with Crippen molar-refractivity contribution < 1.29 is 24.1 Å². The topological polar surface area (TPSA) is 60.7 Å². The van der Waals surface area contributed by atoms with Gasteiger partial charge in [0.2, 0.25) is 5.78 Å². The molecule has 0 aliphatic heterocycles. The minimum Gasteiger partial charge on any atom is -0.488 e. The molecule has 30 heavy (non-hydrogen) atoms. The van der Waals surface area contributed by atoms with Gasteiger partial charge >= 0.3 is 0 Å². The lowest BCUT2D eigenvalue weighted by molar-refractivity contribution is -0.253. The average Bonchev–Trinajstić information content (AvgIpc) is 3.09. The SMILES string of the molecule is Cc1ccc(C(=O)c2c(F)ccn2CC=Cc2cccc(O[C@@H](C)COO)c2)cc1. The molecule has 0 bridgehead atoms. The number of aromatic nitrogens is 1. The molecule has 0 saturated heterocycles. The molecule has 156 valence electrons. The fraction of sp³-hybridized carbons (Fsp3) is 0.208. The van der Waals surface area contributed by atoms with Crippen LogP contribution in [0.3, 0.4) is 0 Å². The van der Waals surface area contributed by atoms with Gasteiger partial charge < -0.3 is 9.30 Å². The molecule has 0 unspecified atom stereocenters. The van der Waals surface area contributed by atoms with Crippen molar-refractivity contribution in [3.05, 3.63) is 95.1 Å². The highest BCUT2D eigenvalue weighted by Gasteiger charge is 2.18. The van der Waals surface area contributed by atoms with Gasteiger partial charge in [0.15, 0.2) is 5.82 Å². The second-order valence-electron chi connectivity index (χ2n) is 7.06. The van der Waals surface area contributed by atoms with E-state index >= 15 is 0 Å². The zero-order chi connectivity index (χ0) is 21.5. The summed E-state index contributed by atoms with van der Waals surface area (Å²) < 4.78 is 21.5. The van der Waals surface area contributed by atoms with Crippen molar-refractivity contribution in [3.8, 4) is 5.75 Å². The number of ether oxygens (including phenoxy) is 1. The molecule has 1 aromatic heterocycles. The summed E-state index contributed by atoms with van der Waals surface area (Å²) in [6, 6.07) is 15.8. The van der Waals surface area contributed by atoms with Crippen LogP contribution in [0.15, 0.2) is 66.9 Å². The number of halogens is 1. The lowest BCUT2D eigenvalue weighted by Crippen LogP contribution is -2.18. The second-order valence-corrected chi connectivity index (χ2v) is 7.06. The minimum atomic E-state index is -0.538. The number of nitrogens with zero attached hydrogens (tertiary/aromatic N) is 1. The first-order valence-electron chi connectivity index (χ1n) is 9.63. The maximum atomic E-state index is 14.3. The highest BCUT2D eigenvalue weighted by Crippen LogP contribution is 2.18. The highest BCUT2D eigenvalue weighted by molar-refractivity contribution is 6.08. The molecule has 3 aromatic rings. The second kappa shape index (κ2) is 10.0. The van der Waals surface area contributed by atoms with Crippen LogP contribution in [0.2, 0.25) is 0 Å². The predicted molar refractivity (Wildman–Crippen MR) is 113 cm³/mol. The van der Waals surface area contributed by atoms with Crippen LogP contribution < -0.4 is 4.74 Å². The lowest BCUT2D eigenvalue weighted by atomic mass is 10.1. The molecule has 6 heteroatoms. The van der Waals surface area contributed by atoms with Crippen LogP contribution in [0.4, 0.5) is 4.39 Å². The highest BCUT2D eigenvalue weighted by atomic mass is 19.1. The van der Waals surface area contributed by atoms with Crippen molar-refractivity contribution in [2.45, 2.75) is 26.5 Å². The molecule has 0 saturated carbocycles.